The highest BCUT2D eigenvalue weighted by Gasteiger charge is 2.42. The summed E-state index contributed by atoms with van der Waals surface area (Å²) in [6.07, 6.45) is -3.68. The molecule has 0 N–H and O–H groups in total. The highest BCUT2D eigenvalue weighted by molar-refractivity contribution is 9.11. The summed E-state index contributed by atoms with van der Waals surface area (Å²) in [6.45, 7) is 0.950. The lowest BCUT2D eigenvalue weighted by Crippen LogP contribution is -2.47. The topological polar surface area (TPSA) is 23.6 Å². The summed E-state index contributed by atoms with van der Waals surface area (Å²) in [7, 11) is 1.80. The minimum atomic E-state index is -4.21. The van der Waals surface area contributed by atoms with Gasteiger partial charge >= 0.3 is 6.18 Å². The van der Waals surface area contributed by atoms with Gasteiger partial charge in [-0.1, -0.05) is 0 Å². The van der Waals surface area contributed by atoms with Gasteiger partial charge in [0, 0.05) is 19.6 Å². The number of nitrogens with zero attached hydrogens (tertiary/aromatic N) is 2. The van der Waals surface area contributed by atoms with Crippen LogP contribution in [0, 0.1) is 5.92 Å². The molecule has 1 aliphatic rings. The van der Waals surface area contributed by atoms with E-state index in [-0.39, 0.29) is 25.4 Å². The molecule has 0 saturated carbocycles. The maximum Gasteiger partial charge on any atom is 0.393 e. The SMILES string of the molecule is CN(CC(=O)N1CCCC(C(F)(F)F)C1)Cc1csc(Br)c1. The van der Waals surface area contributed by atoms with Gasteiger partial charge in [-0.3, -0.25) is 9.69 Å². The Morgan fingerprint density at radius 2 is 2.27 bits per heavy atom. The molecule has 0 aromatic carbocycles. The van der Waals surface area contributed by atoms with Crippen LogP contribution in [0.5, 0.6) is 0 Å². The first-order chi connectivity index (χ1) is 10.3. The van der Waals surface area contributed by atoms with Crippen molar-refractivity contribution in [2.75, 3.05) is 26.7 Å². The molecule has 22 heavy (non-hydrogen) atoms. The van der Waals surface area contributed by atoms with Gasteiger partial charge in [0.15, 0.2) is 0 Å². The molecule has 1 aromatic rings. The van der Waals surface area contributed by atoms with Crippen LogP contribution in [0.3, 0.4) is 0 Å². The van der Waals surface area contributed by atoms with Crippen molar-refractivity contribution in [3.63, 3.8) is 0 Å². The van der Waals surface area contributed by atoms with Gasteiger partial charge in [0.25, 0.3) is 0 Å². The summed E-state index contributed by atoms with van der Waals surface area (Å²) < 4.78 is 39.4. The van der Waals surface area contributed by atoms with Crippen LogP contribution in [0.15, 0.2) is 15.2 Å². The molecule has 2 rings (SSSR count). The molecule has 1 aliphatic heterocycles. The minimum Gasteiger partial charge on any atom is -0.341 e. The molecule has 1 aromatic heterocycles. The lowest BCUT2D eigenvalue weighted by molar-refractivity contribution is -0.188. The van der Waals surface area contributed by atoms with Crippen molar-refractivity contribution in [2.45, 2.75) is 25.6 Å². The Labute approximate surface area is 140 Å². The zero-order valence-electron chi connectivity index (χ0n) is 12.2. The van der Waals surface area contributed by atoms with Crippen molar-refractivity contribution >= 4 is 33.2 Å². The van der Waals surface area contributed by atoms with Crippen molar-refractivity contribution in [1.29, 1.82) is 0 Å². The molecular formula is C14H18BrF3N2OS. The summed E-state index contributed by atoms with van der Waals surface area (Å²) in [5.74, 6) is -1.62. The van der Waals surface area contributed by atoms with Gasteiger partial charge in [0.1, 0.15) is 0 Å². The van der Waals surface area contributed by atoms with Crippen LogP contribution in [0.4, 0.5) is 13.2 Å². The van der Waals surface area contributed by atoms with Crippen molar-refractivity contribution in [2.24, 2.45) is 5.92 Å². The molecule has 0 spiro atoms. The molecule has 3 nitrogen and oxygen atoms in total. The Morgan fingerprint density at radius 3 is 2.86 bits per heavy atom. The molecule has 1 saturated heterocycles. The quantitative estimate of drug-likeness (QED) is 0.770. The molecule has 124 valence electrons. The number of alkyl halides is 3. The summed E-state index contributed by atoms with van der Waals surface area (Å²) in [5, 5.41) is 1.99. The second-order valence-corrected chi connectivity index (χ2v) is 7.94. The highest BCUT2D eigenvalue weighted by Crippen LogP contribution is 2.33. The molecular weight excluding hydrogens is 381 g/mol. The van der Waals surface area contributed by atoms with E-state index in [1.165, 1.54) is 4.90 Å². The van der Waals surface area contributed by atoms with E-state index < -0.39 is 12.1 Å². The minimum absolute atomic E-state index is 0.117. The Hall–Kier alpha value is -0.600. The van der Waals surface area contributed by atoms with E-state index in [9.17, 15) is 18.0 Å². The summed E-state index contributed by atoms with van der Waals surface area (Å²) in [5.41, 5.74) is 1.08. The van der Waals surface area contributed by atoms with Gasteiger partial charge in [-0.05, 0) is 52.8 Å². The van der Waals surface area contributed by atoms with E-state index in [1.54, 1.807) is 18.4 Å². The monoisotopic (exact) mass is 398 g/mol. The molecule has 0 bridgehead atoms. The van der Waals surface area contributed by atoms with E-state index in [4.69, 9.17) is 0 Å². The second kappa shape index (κ2) is 7.31. The molecule has 0 radical (unpaired) electrons. The number of likely N-dealkylation sites (N-methyl/N-ethyl adjacent to an activating group) is 1. The number of hydrogen-bond donors (Lipinski definition) is 0. The Morgan fingerprint density at radius 1 is 1.55 bits per heavy atom. The summed E-state index contributed by atoms with van der Waals surface area (Å²) >= 11 is 4.94. The standard InChI is InChI=1S/C14H18BrF3N2OS/c1-19(6-10-5-12(15)22-9-10)8-13(21)20-4-2-3-11(7-20)14(16,17)18/h5,9,11H,2-4,6-8H2,1H3. The van der Waals surface area contributed by atoms with E-state index in [2.05, 4.69) is 15.9 Å². The first-order valence-electron chi connectivity index (χ1n) is 7.01. The maximum atomic E-state index is 12.8. The van der Waals surface area contributed by atoms with Crippen molar-refractivity contribution in [1.82, 2.24) is 9.80 Å². The molecule has 1 unspecified atom stereocenters. The molecule has 2 heterocycles. The number of rotatable bonds is 4. The molecule has 1 fully saturated rings. The van der Waals surface area contributed by atoms with Crippen LogP contribution in [0.25, 0.3) is 0 Å². The van der Waals surface area contributed by atoms with E-state index >= 15 is 0 Å². The summed E-state index contributed by atoms with van der Waals surface area (Å²) in [4.78, 5) is 15.4. The largest absolute Gasteiger partial charge is 0.393 e. The molecule has 1 amide bonds. The third-order valence-corrected chi connectivity index (χ3v) is 5.27. The van der Waals surface area contributed by atoms with Crippen molar-refractivity contribution in [3.05, 3.63) is 20.8 Å². The molecule has 1 atom stereocenters. The number of carbonyl (C=O) groups excluding carboxylic acids is 1. The van der Waals surface area contributed by atoms with E-state index in [0.717, 1.165) is 9.35 Å². The number of thiophene rings is 1. The fourth-order valence-corrected chi connectivity index (χ4v) is 3.80. The van der Waals surface area contributed by atoms with Crippen LogP contribution in [0.1, 0.15) is 18.4 Å². The Balaban J connectivity index is 1.85. The number of amides is 1. The predicted octanol–water partition coefficient (Wildman–Crippen LogP) is 3.74. The van der Waals surface area contributed by atoms with Crippen LogP contribution in [-0.2, 0) is 11.3 Å². The van der Waals surface area contributed by atoms with Gasteiger partial charge < -0.3 is 4.90 Å². The number of halogens is 4. The second-order valence-electron chi connectivity index (χ2n) is 5.65. The third-order valence-electron chi connectivity index (χ3n) is 3.72. The Bertz CT molecular complexity index is 520. The highest BCUT2D eigenvalue weighted by atomic mass is 79.9. The number of likely N-dealkylation sites (tertiary alicyclic amines) is 1. The van der Waals surface area contributed by atoms with Gasteiger partial charge in [-0.15, -0.1) is 11.3 Å². The van der Waals surface area contributed by atoms with E-state index in [1.807, 2.05) is 16.3 Å². The van der Waals surface area contributed by atoms with Crippen LogP contribution < -0.4 is 0 Å². The normalized spacial score (nSPS) is 19.7. The Kier molecular flexibility index (Phi) is 5.90. The fourth-order valence-electron chi connectivity index (χ4n) is 2.60. The average Bonchev–Trinajstić information content (AvgIpc) is 2.83. The van der Waals surface area contributed by atoms with Gasteiger partial charge in [0.05, 0.1) is 16.2 Å². The predicted molar refractivity (Wildman–Crippen MR) is 83.7 cm³/mol. The van der Waals surface area contributed by atoms with Gasteiger partial charge in [-0.25, -0.2) is 0 Å². The number of piperidine rings is 1. The summed E-state index contributed by atoms with van der Waals surface area (Å²) in [6, 6.07) is 1.98. The number of hydrogen-bond acceptors (Lipinski definition) is 3. The van der Waals surface area contributed by atoms with Crippen LogP contribution >= 0.6 is 27.3 Å². The zero-order valence-corrected chi connectivity index (χ0v) is 14.6. The van der Waals surface area contributed by atoms with Gasteiger partial charge in [0.2, 0.25) is 5.91 Å². The van der Waals surface area contributed by atoms with Crippen LogP contribution in [-0.4, -0.2) is 48.6 Å². The van der Waals surface area contributed by atoms with Gasteiger partial charge in [-0.2, -0.15) is 13.2 Å². The van der Waals surface area contributed by atoms with Crippen molar-refractivity contribution < 1.29 is 18.0 Å². The molecule has 0 aliphatic carbocycles. The molecule has 8 heteroatoms. The number of carbonyl (C=O) groups is 1. The van der Waals surface area contributed by atoms with Crippen molar-refractivity contribution in [3.8, 4) is 0 Å². The first kappa shape index (κ1) is 17.7. The fraction of sp³-hybridized carbons (Fsp3) is 0.643. The smallest absolute Gasteiger partial charge is 0.341 e. The zero-order chi connectivity index (χ0) is 16.3. The average molecular weight is 399 g/mol. The first-order valence-corrected chi connectivity index (χ1v) is 8.69. The van der Waals surface area contributed by atoms with Crippen LogP contribution in [0.2, 0.25) is 0 Å². The van der Waals surface area contributed by atoms with E-state index in [0.29, 0.717) is 19.5 Å². The lowest BCUT2D eigenvalue weighted by Gasteiger charge is -2.34. The third kappa shape index (κ3) is 4.96. The lowest BCUT2D eigenvalue weighted by atomic mass is 9.97. The maximum absolute atomic E-state index is 12.8.